The van der Waals surface area contributed by atoms with Gasteiger partial charge in [-0.1, -0.05) is 11.6 Å². The van der Waals surface area contributed by atoms with E-state index in [-0.39, 0.29) is 0 Å². The van der Waals surface area contributed by atoms with Crippen molar-refractivity contribution in [2.24, 2.45) is 7.05 Å². The molecule has 0 amide bonds. The minimum atomic E-state index is 0.425. The zero-order valence-corrected chi connectivity index (χ0v) is 10.4. The standard InChI is InChI=1S/C8H7BrClN3S/c1-13-6(7(10)12-8(13)11)4-2-3-5(9)14-4/h2-3H,1H3,(H2,11,12). The Morgan fingerprint density at radius 3 is 2.71 bits per heavy atom. The zero-order chi connectivity index (χ0) is 10.3. The maximum absolute atomic E-state index is 5.97. The Morgan fingerprint density at radius 1 is 1.57 bits per heavy atom. The Labute approximate surface area is 98.6 Å². The molecule has 3 nitrogen and oxygen atoms in total. The van der Waals surface area contributed by atoms with Crippen LogP contribution < -0.4 is 5.73 Å². The fraction of sp³-hybridized carbons (Fsp3) is 0.125. The first-order valence-corrected chi connectivity index (χ1v) is 5.81. The second-order valence-corrected chi connectivity index (χ2v) is 5.59. The molecule has 2 N–H and O–H groups in total. The molecule has 0 unspecified atom stereocenters. The van der Waals surface area contributed by atoms with Crippen LogP contribution in [0.3, 0.4) is 0 Å². The highest BCUT2D eigenvalue weighted by Crippen LogP contribution is 2.35. The number of nitrogen functional groups attached to an aromatic ring is 1. The van der Waals surface area contributed by atoms with Gasteiger partial charge in [-0.05, 0) is 28.1 Å². The lowest BCUT2D eigenvalue weighted by atomic mass is 10.4. The van der Waals surface area contributed by atoms with E-state index in [9.17, 15) is 0 Å². The van der Waals surface area contributed by atoms with Gasteiger partial charge in [0.1, 0.15) is 0 Å². The topological polar surface area (TPSA) is 43.8 Å². The number of rotatable bonds is 1. The number of imidazole rings is 1. The third kappa shape index (κ3) is 1.55. The van der Waals surface area contributed by atoms with Gasteiger partial charge >= 0.3 is 0 Å². The lowest BCUT2D eigenvalue weighted by Gasteiger charge is -1.99. The summed E-state index contributed by atoms with van der Waals surface area (Å²) in [6.45, 7) is 0. The van der Waals surface area contributed by atoms with E-state index in [4.69, 9.17) is 17.3 Å². The van der Waals surface area contributed by atoms with Crippen molar-refractivity contribution in [2.75, 3.05) is 5.73 Å². The van der Waals surface area contributed by atoms with Gasteiger partial charge in [0.05, 0.1) is 14.4 Å². The van der Waals surface area contributed by atoms with E-state index in [2.05, 4.69) is 20.9 Å². The predicted molar refractivity (Wildman–Crippen MR) is 63.6 cm³/mol. The summed E-state index contributed by atoms with van der Waals surface area (Å²) in [5, 5.41) is 0.444. The van der Waals surface area contributed by atoms with E-state index in [0.29, 0.717) is 11.1 Å². The van der Waals surface area contributed by atoms with E-state index >= 15 is 0 Å². The van der Waals surface area contributed by atoms with E-state index < -0.39 is 0 Å². The van der Waals surface area contributed by atoms with E-state index in [0.717, 1.165) is 14.4 Å². The number of aromatic nitrogens is 2. The summed E-state index contributed by atoms with van der Waals surface area (Å²) in [6.07, 6.45) is 0. The summed E-state index contributed by atoms with van der Waals surface area (Å²) in [5.74, 6) is 0.425. The molecular formula is C8H7BrClN3S. The number of hydrogen-bond donors (Lipinski definition) is 1. The summed E-state index contributed by atoms with van der Waals surface area (Å²) in [6, 6.07) is 3.95. The summed E-state index contributed by atoms with van der Waals surface area (Å²) in [7, 11) is 1.84. The number of anilines is 1. The van der Waals surface area contributed by atoms with Crippen molar-refractivity contribution in [3.63, 3.8) is 0 Å². The molecule has 0 radical (unpaired) electrons. The lowest BCUT2D eigenvalue weighted by Crippen LogP contribution is -1.97. The maximum atomic E-state index is 5.97. The van der Waals surface area contributed by atoms with E-state index in [1.807, 2.05) is 19.2 Å². The molecule has 0 aromatic carbocycles. The fourth-order valence-electron chi connectivity index (χ4n) is 1.19. The first-order valence-electron chi connectivity index (χ1n) is 3.83. The quantitative estimate of drug-likeness (QED) is 0.877. The van der Waals surface area contributed by atoms with Crippen molar-refractivity contribution in [1.29, 1.82) is 0 Å². The zero-order valence-electron chi connectivity index (χ0n) is 7.29. The van der Waals surface area contributed by atoms with Crippen molar-refractivity contribution < 1.29 is 0 Å². The number of nitrogens with zero attached hydrogens (tertiary/aromatic N) is 2. The summed E-state index contributed by atoms with van der Waals surface area (Å²) >= 11 is 11.0. The number of hydrogen-bond acceptors (Lipinski definition) is 3. The molecule has 2 heterocycles. The van der Waals surface area contributed by atoms with Crippen LogP contribution in [0.4, 0.5) is 5.95 Å². The van der Waals surface area contributed by atoms with Crippen molar-refractivity contribution in [3.8, 4) is 10.6 Å². The SMILES string of the molecule is Cn1c(N)nc(Cl)c1-c1ccc(Br)s1. The molecule has 0 bridgehead atoms. The van der Waals surface area contributed by atoms with Crippen LogP contribution in [0.25, 0.3) is 10.6 Å². The molecule has 0 spiro atoms. The molecule has 0 aliphatic rings. The smallest absolute Gasteiger partial charge is 0.201 e. The van der Waals surface area contributed by atoms with Gasteiger partial charge < -0.3 is 10.3 Å². The Balaban J connectivity index is 2.61. The Kier molecular flexibility index (Phi) is 2.55. The fourth-order valence-corrected chi connectivity index (χ4v) is 3.03. The van der Waals surface area contributed by atoms with Crippen molar-refractivity contribution in [3.05, 3.63) is 21.1 Å². The van der Waals surface area contributed by atoms with Crippen LogP contribution in [-0.4, -0.2) is 9.55 Å². The van der Waals surface area contributed by atoms with Crippen LogP contribution in [0.5, 0.6) is 0 Å². The van der Waals surface area contributed by atoms with Gasteiger partial charge in [-0.15, -0.1) is 11.3 Å². The molecule has 0 saturated heterocycles. The molecule has 14 heavy (non-hydrogen) atoms. The molecule has 2 aromatic rings. The van der Waals surface area contributed by atoms with Crippen LogP contribution in [-0.2, 0) is 7.05 Å². The molecule has 2 rings (SSSR count). The molecule has 0 fully saturated rings. The average Bonchev–Trinajstić information content (AvgIpc) is 2.60. The molecule has 74 valence electrons. The average molecular weight is 293 g/mol. The molecule has 0 saturated carbocycles. The molecule has 0 aliphatic heterocycles. The van der Waals surface area contributed by atoms with Gasteiger partial charge in [0, 0.05) is 7.05 Å². The lowest BCUT2D eigenvalue weighted by molar-refractivity contribution is 0.940. The molecule has 6 heteroatoms. The van der Waals surface area contributed by atoms with Gasteiger partial charge in [-0.3, -0.25) is 0 Å². The maximum Gasteiger partial charge on any atom is 0.201 e. The van der Waals surface area contributed by atoms with Gasteiger partial charge in [0.15, 0.2) is 5.15 Å². The normalized spacial score (nSPS) is 10.8. The monoisotopic (exact) mass is 291 g/mol. The van der Waals surface area contributed by atoms with Gasteiger partial charge in [-0.2, -0.15) is 0 Å². The van der Waals surface area contributed by atoms with Crippen LogP contribution in [0.2, 0.25) is 5.15 Å². The van der Waals surface area contributed by atoms with Crippen molar-refractivity contribution in [1.82, 2.24) is 9.55 Å². The molecule has 0 aliphatic carbocycles. The second kappa shape index (κ2) is 3.56. The molecule has 2 aromatic heterocycles. The largest absolute Gasteiger partial charge is 0.369 e. The van der Waals surface area contributed by atoms with Crippen LogP contribution in [0.1, 0.15) is 0 Å². The number of halogens is 2. The highest BCUT2D eigenvalue weighted by molar-refractivity contribution is 9.11. The van der Waals surface area contributed by atoms with Gasteiger partial charge in [0.25, 0.3) is 0 Å². The Morgan fingerprint density at radius 2 is 2.29 bits per heavy atom. The van der Waals surface area contributed by atoms with Crippen molar-refractivity contribution in [2.45, 2.75) is 0 Å². The summed E-state index contributed by atoms with van der Waals surface area (Å²) in [5.41, 5.74) is 6.51. The highest BCUT2D eigenvalue weighted by atomic mass is 79.9. The molecule has 0 atom stereocenters. The first kappa shape index (κ1) is 10.0. The summed E-state index contributed by atoms with van der Waals surface area (Å²) in [4.78, 5) is 5.04. The third-order valence-electron chi connectivity index (χ3n) is 1.89. The molecular weight excluding hydrogens is 286 g/mol. The van der Waals surface area contributed by atoms with E-state index in [1.54, 1.807) is 15.9 Å². The highest BCUT2D eigenvalue weighted by Gasteiger charge is 2.14. The second-order valence-electron chi connectivity index (χ2n) is 2.77. The summed E-state index contributed by atoms with van der Waals surface area (Å²) < 4.78 is 2.84. The van der Waals surface area contributed by atoms with Crippen LogP contribution in [0, 0.1) is 0 Å². The Hall–Kier alpha value is -0.520. The Bertz CT molecular complexity index is 477. The van der Waals surface area contributed by atoms with Crippen LogP contribution >= 0.6 is 38.9 Å². The predicted octanol–water partition coefficient (Wildman–Crippen LogP) is 3.15. The first-order chi connectivity index (χ1) is 6.59. The number of nitrogens with two attached hydrogens (primary N) is 1. The van der Waals surface area contributed by atoms with Gasteiger partial charge in [0.2, 0.25) is 5.95 Å². The minimum Gasteiger partial charge on any atom is -0.369 e. The van der Waals surface area contributed by atoms with E-state index in [1.165, 1.54) is 0 Å². The number of thiophene rings is 1. The third-order valence-corrected chi connectivity index (χ3v) is 3.79. The van der Waals surface area contributed by atoms with Gasteiger partial charge in [-0.25, -0.2) is 4.98 Å². The van der Waals surface area contributed by atoms with Crippen LogP contribution in [0.15, 0.2) is 15.9 Å². The minimum absolute atomic E-state index is 0.425. The van der Waals surface area contributed by atoms with Crippen molar-refractivity contribution >= 4 is 44.8 Å².